The van der Waals surface area contributed by atoms with Gasteiger partial charge < -0.3 is 19.9 Å². The zero-order chi connectivity index (χ0) is 19.2. The minimum atomic E-state index is -3.44. The van der Waals surface area contributed by atoms with Crippen LogP contribution in [0.4, 0.5) is 5.69 Å². The highest BCUT2D eigenvalue weighted by Gasteiger charge is 2.33. The van der Waals surface area contributed by atoms with E-state index in [2.05, 4.69) is 10.8 Å². The van der Waals surface area contributed by atoms with Crippen LogP contribution in [0.1, 0.15) is 17.0 Å². The molecule has 27 heavy (non-hydrogen) atoms. The van der Waals surface area contributed by atoms with Gasteiger partial charge in [-0.2, -0.15) is 5.26 Å². The first kappa shape index (κ1) is 17.1. The smallest absolute Gasteiger partial charge is 0.231 e. The Labute approximate surface area is 155 Å². The molecule has 2 heterocycles. The normalized spacial score (nSPS) is 17.7. The summed E-state index contributed by atoms with van der Waals surface area (Å²) in [5, 5.41) is 9.63. The number of ether oxygens (including phenoxy) is 3. The minimum absolute atomic E-state index is 0.00431. The molecule has 9 heteroatoms. The van der Waals surface area contributed by atoms with E-state index in [-0.39, 0.29) is 18.2 Å². The summed E-state index contributed by atoms with van der Waals surface area (Å²) in [5.41, 5.74) is 7.96. The molecule has 0 spiro atoms. The third-order valence-corrected chi connectivity index (χ3v) is 4.84. The van der Waals surface area contributed by atoms with Crippen molar-refractivity contribution in [2.24, 2.45) is 5.73 Å². The van der Waals surface area contributed by atoms with Crippen LogP contribution in [0.2, 0.25) is 0 Å². The van der Waals surface area contributed by atoms with E-state index >= 15 is 0 Å². The molecule has 2 aromatic rings. The molecule has 1 atom stereocenters. The van der Waals surface area contributed by atoms with Crippen LogP contribution < -0.4 is 24.7 Å². The Bertz CT molecular complexity index is 1120. The van der Waals surface area contributed by atoms with Crippen molar-refractivity contribution < 1.29 is 22.6 Å². The van der Waals surface area contributed by atoms with E-state index in [1.165, 1.54) is 0 Å². The summed E-state index contributed by atoms with van der Waals surface area (Å²) in [6, 6.07) is 12.3. The van der Waals surface area contributed by atoms with Gasteiger partial charge in [0.15, 0.2) is 11.5 Å². The minimum Gasteiger partial charge on any atom is -0.454 e. The molecular weight excluding hydrogens is 370 g/mol. The summed E-state index contributed by atoms with van der Waals surface area (Å²) < 4.78 is 41.9. The molecule has 0 saturated carbocycles. The average molecular weight is 385 g/mol. The largest absolute Gasteiger partial charge is 0.454 e. The number of rotatable bonds is 3. The van der Waals surface area contributed by atoms with Crippen molar-refractivity contribution in [3.63, 3.8) is 0 Å². The second kappa shape index (κ2) is 6.10. The zero-order valence-corrected chi connectivity index (χ0v) is 15.0. The first-order chi connectivity index (χ1) is 12.9. The second-order valence-electron chi connectivity index (χ2n) is 6.17. The van der Waals surface area contributed by atoms with E-state index in [9.17, 15) is 13.7 Å². The number of nitrogens with two attached hydrogens (primary N) is 1. The van der Waals surface area contributed by atoms with Crippen molar-refractivity contribution in [1.29, 1.82) is 5.26 Å². The topological polar surface area (TPSA) is 124 Å². The Hall–Kier alpha value is -3.38. The average Bonchev–Trinajstić information content (AvgIpc) is 3.04. The molecule has 0 amide bonds. The fourth-order valence-corrected chi connectivity index (χ4v) is 3.74. The molecule has 0 bridgehead atoms. The molecular formula is C18H15N3O5S. The number of sulfonamides is 1. The predicted octanol–water partition coefficient (Wildman–Crippen LogP) is 2.00. The molecule has 2 aromatic carbocycles. The maximum atomic E-state index is 11.5. The summed E-state index contributed by atoms with van der Waals surface area (Å²) in [7, 11) is -3.44. The van der Waals surface area contributed by atoms with Crippen LogP contribution in [0, 0.1) is 11.3 Å². The Balaban J connectivity index is 1.87. The molecule has 3 N–H and O–H groups in total. The first-order valence-electron chi connectivity index (χ1n) is 7.94. The van der Waals surface area contributed by atoms with Gasteiger partial charge in [0.1, 0.15) is 17.4 Å². The number of fused-ring (bicyclic) bond motifs is 2. The van der Waals surface area contributed by atoms with Crippen LogP contribution in [0.15, 0.2) is 47.9 Å². The highest BCUT2D eigenvalue weighted by atomic mass is 32.2. The van der Waals surface area contributed by atoms with Gasteiger partial charge in [-0.05, 0) is 23.8 Å². The van der Waals surface area contributed by atoms with Crippen LogP contribution in [0.3, 0.4) is 0 Å². The standard InChI is InChI=1S/C18H15N3O5S/c1-27(22,23)21-11-4-2-3-10(5-11)17-12-6-15-16(25-9-24-15)7-14(12)26-18(20)13(17)8-19/h2-7,17,21H,9,20H2,1H3. The van der Waals surface area contributed by atoms with Crippen LogP contribution in [-0.4, -0.2) is 21.5 Å². The summed E-state index contributed by atoms with van der Waals surface area (Å²) >= 11 is 0. The quantitative estimate of drug-likeness (QED) is 0.828. The number of hydrogen-bond donors (Lipinski definition) is 2. The number of benzene rings is 2. The molecule has 8 nitrogen and oxygen atoms in total. The maximum absolute atomic E-state index is 11.5. The molecule has 0 fully saturated rings. The second-order valence-corrected chi connectivity index (χ2v) is 7.92. The summed E-state index contributed by atoms with van der Waals surface area (Å²) in [6.07, 6.45) is 1.07. The molecule has 4 rings (SSSR count). The predicted molar refractivity (Wildman–Crippen MR) is 96.8 cm³/mol. The molecule has 0 saturated heterocycles. The van der Waals surface area contributed by atoms with E-state index in [1.54, 1.807) is 36.4 Å². The summed E-state index contributed by atoms with van der Waals surface area (Å²) in [4.78, 5) is 0. The third-order valence-electron chi connectivity index (χ3n) is 4.23. The van der Waals surface area contributed by atoms with Crippen LogP contribution in [-0.2, 0) is 10.0 Å². The fraction of sp³-hybridized carbons (Fsp3) is 0.167. The Morgan fingerprint density at radius 1 is 1.19 bits per heavy atom. The van der Waals surface area contributed by atoms with E-state index in [4.69, 9.17) is 19.9 Å². The highest BCUT2D eigenvalue weighted by molar-refractivity contribution is 7.92. The van der Waals surface area contributed by atoms with Gasteiger partial charge >= 0.3 is 0 Å². The van der Waals surface area contributed by atoms with Crippen molar-refractivity contribution in [1.82, 2.24) is 0 Å². The molecule has 0 aliphatic carbocycles. The van der Waals surface area contributed by atoms with Gasteiger partial charge in [-0.3, -0.25) is 4.72 Å². The van der Waals surface area contributed by atoms with Gasteiger partial charge in [-0.1, -0.05) is 12.1 Å². The number of anilines is 1. The van der Waals surface area contributed by atoms with E-state index in [0.29, 0.717) is 34.1 Å². The number of nitriles is 1. The van der Waals surface area contributed by atoms with E-state index in [0.717, 1.165) is 6.26 Å². The molecule has 1 unspecified atom stereocenters. The first-order valence-corrected chi connectivity index (χ1v) is 9.84. The van der Waals surface area contributed by atoms with Gasteiger partial charge in [0, 0.05) is 17.3 Å². The van der Waals surface area contributed by atoms with Crippen LogP contribution >= 0.6 is 0 Å². The monoisotopic (exact) mass is 385 g/mol. The molecule has 138 valence electrons. The lowest BCUT2D eigenvalue weighted by molar-refractivity contribution is 0.174. The molecule has 0 aromatic heterocycles. The summed E-state index contributed by atoms with van der Waals surface area (Å²) in [5.74, 6) is 1.01. The van der Waals surface area contributed by atoms with Gasteiger partial charge in [0.05, 0.1) is 12.2 Å². The van der Waals surface area contributed by atoms with Gasteiger partial charge in [-0.15, -0.1) is 0 Å². The molecule has 2 aliphatic rings. The van der Waals surface area contributed by atoms with Crippen LogP contribution in [0.25, 0.3) is 0 Å². The summed E-state index contributed by atoms with van der Waals surface area (Å²) in [6.45, 7) is 0.102. The van der Waals surface area contributed by atoms with Crippen molar-refractivity contribution in [3.05, 3.63) is 59.0 Å². The number of hydrogen-bond acceptors (Lipinski definition) is 7. The Kier molecular flexibility index (Phi) is 3.86. The van der Waals surface area contributed by atoms with Gasteiger partial charge in [0.2, 0.25) is 22.7 Å². The SMILES string of the molecule is CS(=O)(=O)Nc1cccc(C2C(C#N)=C(N)Oc3cc4c(cc32)OCO4)c1. The van der Waals surface area contributed by atoms with Gasteiger partial charge in [0.25, 0.3) is 0 Å². The number of nitrogens with zero attached hydrogens (tertiary/aromatic N) is 1. The zero-order valence-electron chi connectivity index (χ0n) is 14.2. The third kappa shape index (κ3) is 3.11. The van der Waals surface area contributed by atoms with Crippen LogP contribution in [0.5, 0.6) is 17.2 Å². The Morgan fingerprint density at radius 2 is 1.93 bits per heavy atom. The Morgan fingerprint density at radius 3 is 2.63 bits per heavy atom. The highest BCUT2D eigenvalue weighted by Crippen LogP contribution is 2.48. The molecule has 0 radical (unpaired) electrons. The van der Waals surface area contributed by atoms with Crippen molar-refractivity contribution in [2.75, 3.05) is 17.8 Å². The lowest BCUT2D eigenvalue weighted by Gasteiger charge is -2.27. The fourth-order valence-electron chi connectivity index (χ4n) is 3.19. The maximum Gasteiger partial charge on any atom is 0.231 e. The molecule has 2 aliphatic heterocycles. The lowest BCUT2D eigenvalue weighted by Crippen LogP contribution is -2.21. The van der Waals surface area contributed by atoms with E-state index < -0.39 is 15.9 Å². The van der Waals surface area contributed by atoms with Crippen molar-refractivity contribution >= 4 is 15.7 Å². The van der Waals surface area contributed by atoms with Crippen molar-refractivity contribution in [3.8, 4) is 23.3 Å². The lowest BCUT2D eigenvalue weighted by atomic mass is 9.83. The number of allylic oxidation sites excluding steroid dienone is 1. The van der Waals surface area contributed by atoms with E-state index in [1.807, 2.05) is 0 Å². The van der Waals surface area contributed by atoms with Gasteiger partial charge in [-0.25, -0.2) is 8.42 Å². The number of nitrogens with one attached hydrogen (secondary N) is 1. The van der Waals surface area contributed by atoms with Crippen molar-refractivity contribution in [2.45, 2.75) is 5.92 Å².